The smallest absolute Gasteiger partial charge is 0.260 e. The first-order chi connectivity index (χ1) is 8.93. The summed E-state index contributed by atoms with van der Waals surface area (Å²) < 4.78 is 7.44. The van der Waals surface area contributed by atoms with Gasteiger partial charge in [-0.1, -0.05) is 29.3 Å². The van der Waals surface area contributed by atoms with Crippen LogP contribution in [-0.2, 0) is 4.79 Å². The van der Waals surface area contributed by atoms with Gasteiger partial charge >= 0.3 is 0 Å². The van der Waals surface area contributed by atoms with Crippen molar-refractivity contribution in [2.24, 2.45) is 0 Å². The van der Waals surface area contributed by atoms with E-state index >= 15 is 0 Å². The van der Waals surface area contributed by atoms with Gasteiger partial charge in [0.1, 0.15) is 5.75 Å². The molecule has 2 atom stereocenters. The van der Waals surface area contributed by atoms with Crippen LogP contribution in [0.4, 0.5) is 0 Å². The third kappa shape index (κ3) is 5.53. The first-order valence-corrected chi connectivity index (χ1v) is 7.94. The summed E-state index contributed by atoms with van der Waals surface area (Å²) in [4.78, 5) is 12.0. The van der Waals surface area contributed by atoms with Crippen LogP contribution in [0.1, 0.15) is 33.6 Å². The Morgan fingerprint density at radius 2 is 2.05 bits per heavy atom. The summed E-state index contributed by atoms with van der Waals surface area (Å²) in [5.41, 5.74) is 0. The van der Waals surface area contributed by atoms with E-state index < -0.39 is 6.10 Å². The highest BCUT2D eigenvalue weighted by Gasteiger charge is 2.17. The van der Waals surface area contributed by atoms with Crippen molar-refractivity contribution < 1.29 is 9.53 Å². The lowest BCUT2D eigenvalue weighted by Crippen LogP contribution is -2.41. The number of hydrogen-bond donors (Lipinski definition) is 1. The van der Waals surface area contributed by atoms with Gasteiger partial charge in [0, 0.05) is 10.5 Å². The molecule has 0 aliphatic heterocycles. The molecule has 1 aromatic carbocycles. The van der Waals surface area contributed by atoms with E-state index in [0.717, 1.165) is 21.8 Å². The first-order valence-electron chi connectivity index (χ1n) is 6.36. The standard InChI is InChI=1S/C14H19Br2NO2/c1-4-5-9(2)17-14(18)10(3)19-13-7-6-11(15)8-12(13)16/h6-10H,4-5H2,1-3H3,(H,17,18). The quantitative estimate of drug-likeness (QED) is 0.784. The minimum absolute atomic E-state index is 0.0873. The molecule has 19 heavy (non-hydrogen) atoms. The lowest BCUT2D eigenvalue weighted by Gasteiger charge is -2.19. The molecule has 0 radical (unpaired) electrons. The van der Waals surface area contributed by atoms with Crippen molar-refractivity contribution in [1.82, 2.24) is 5.32 Å². The molecule has 0 spiro atoms. The van der Waals surface area contributed by atoms with Crippen LogP contribution in [0, 0.1) is 0 Å². The Kier molecular flexibility index (Phi) is 6.86. The molecule has 0 saturated carbocycles. The normalized spacial score (nSPS) is 13.7. The van der Waals surface area contributed by atoms with Gasteiger partial charge in [-0.25, -0.2) is 0 Å². The van der Waals surface area contributed by atoms with E-state index in [0.29, 0.717) is 5.75 Å². The Labute approximate surface area is 131 Å². The van der Waals surface area contributed by atoms with Crippen molar-refractivity contribution in [3.8, 4) is 5.75 Å². The summed E-state index contributed by atoms with van der Waals surface area (Å²) in [6.45, 7) is 5.85. The van der Waals surface area contributed by atoms with Gasteiger partial charge in [0.05, 0.1) is 4.47 Å². The SMILES string of the molecule is CCCC(C)NC(=O)C(C)Oc1ccc(Br)cc1Br. The van der Waals surface area contributed by atoms with E-state index in [-0.39, 0.29) is 11.9 Å². The number of amides is 1. The Morgan fingerprint density at radius 3 is 2.63 bits per heavy atom. The predicted molar refractivity (Wildman–Crippen MR) is 84.4 cm³/mol. The largest absolute Gasteiger partial charge is 0.480 e. The molecule has 1 N–H and O–H groups in total. The molecule has 0 aliphatic carbocycles. The van der Waals surface area contributed by atoms with Gasteiger partial charge in [0.25, 0.3) is 5.91 Å². The maximum Gasteiger partial charge on any atom is 0.260 e. The van der Waals surface area contributed by atoms with Crippen LogP contribution in [0.2, 0.25) is 0 Å². The molecule has 0 fully saturated rings. The number of hydrogen-bond acceptors (Lipinski definition) is 2. The van der Waals surface area contributed by atoms with Gasteiger partial charge in [-0.05, 0) is 54.4 Å². The number of rotatable bonds is 6. The third-order valence-electron chi connectivity index (χ3n) is 2.68. The highest BCUT2D eigenvalue weighted by atomic mass is 79.9. The molecular formula is C14H19Br2NO2. The maximum absolute atomic E-state index is 12.0. The zero-order valence-electron chi connectivity index (χ0n) is 11.4. The summed E-state index contributed by atoms with van der Waals surface area (Å²) in [6.07, 6.45) is 1.51. The summed E-state index contributed by atoms with van der Waals surface area (Å²) in [7, 11) is 0. The number of halogens is 2. The molecule has 3 nitrogen and oxygen atoms in total. The van der Waals surface area contributed by atoms with Crippen molar-refractivity contribution in [2.75, 3.05) is 0 Å². The van der Waals surface area contributed by atoms with Crippen LogP contribution in [0.5, 0.6) is 5.75 Å². The molecule has 1 rings (SSSR count). The number of nitrogens with one attached hydrogen (secondary N) is 1. The number of carbonyl (C=O) groups is 1. The molecule has 1 aromatic rings. The molecule has 0 bridgehead atoms. The van der Waals surface area contributed by atoms with Gasteiger partial charge in [0.2, 0.25) is 0 Å². The van der Waals surface area contributed by atoms with Gasteiger partial charge in [0.15, 0.2) is 6.10 Å². The fourth-order valence-corrected chi connectivity index (χ4v) is 2.82. The summed E-state index contributed by atoms with van der Waals surface area (Å²) in [5, 5.41) is 2.94. The highest BCUT2D eigenvalue weighted by molar-refractivity contribution is 9.11. The molecule has 0 heterocycles. The zero-order chi connectivity index (χ0) is 14.4. The van der Waals surface area contributed by atoms with Gasteiger partial charge < -0.3 is 10.1 Å². The lowest BCUT2D eigenvalue weighted by atomic mass is 10.2. The van der Waals surface area contributed by atoms with Gasteiger partial charge in [-0.15, -0.1) is 0 Å². The van der Waals surface area contributed by atoms with Gasteiger partial charge in [-0.2, -0.15) is 0 Å². The molecule has 0 aromatic heterocycles. The van der Waals surface area contributed by atoms with Crippen molar-refractivity contribution in [1.29, 1.82) is 0 Å². The molecule has 1 amide bonds. The van der Waals surface area contributed by atoms with Crippen LogP contribution >= 0.6 is 31.9 Å². The van der Waals surface area contributed by atoms with E-state index in [1.807, 2.05) is 25.1 Å². The van der Waals surface area contributed by atoms with Crippen molar-refractivity contribution >= 4 is 37.8 Å². The predicted octanol–water partition coefficient (Wildman–Crippen LogP) is 4.28. The minimum atomic E-state index is -0.517. The molecule has 2 unspecified atom stereocenters. The molecule has 0 saturated heterocycles. The van der Waals surface area contributed by atoms with Crippen molar-refractivity contribution in [2.45, 2.75) is 45.8 Å². The zero-order valence-corrected chi connectivity index (χ0v) is 14.5. The highest BCUT2D eigenvalue weighted by Crippen LogP contribution is 2.28. The molecule has 5 heteroatoms. The average Bonchev–Trinajstić information content (AvgIpc) is 2.32. The van der Waals surface area contributed by atoms with E-state index in [1.54, 1.807) is 6.92 Å². The maximum atomic E-state index is 12.0. The first kappa shape index (κ1) is 16.5. The van der Waals surface area contributed by atoms with Crippen molar-refractivity contribution in [3.63, 3.8) is 0 Å². The van der Waals surface area contributed by atoms with Gasteiger partial charge in [-0.3, -0.25) is 4.79 Å². The fourth-order valence-electron chi connectivity index (χ4n) is 1.68. The minimum Gasteiger partial charge on any atom is -0.480 e. The van der Waals surface area contributed by atoms with Crippen molar-refractivity contribution in [3.05, 3.63) is 27.1 Å². The Balaban J connectivity index is 2.58. The van der Waals surface area contributed by atoms with E-state index in [9.17, 15) is 4.79 Å². The van der Waals surface area contributed by atoms with Crippen LogP contribution in [0.3, 0.4) is 0 Å². The van der Waals surface area contributed by atoms with Crippen LogP contribution < -0.4 is 10.1 Å². The summed E-state index contributed by atoms with van der Waals surface area (Å²) in [6, 6.07) is 5.77. The summed E-state index contributed by atoms with van der Waals surface area (Å²) >= 11 is 6.79. The van der Waals surface area contributed by atoms with Crippen LogP contribution in [-0.4, -0.2) is 18.1 Å². The van der Waals surface area contributed by atoms with E-state index in [1.165, 1.54) is 0 Å². The fraction of sp³-hybridized carbons (Fsp3) is 0.500. The number of ether oxygens (including phenoxy) is 1. The average molecular weight is 393 g/mol. The second-order valence-electron chi connectivity index (χ2n) is 4.53. The monoisotopic (exact) mass is 391 g/mol. The summed E-state index contributed by atoms with van der Waals surface area (Å²) in [5.74, 6) is 0.574. The lowest BCUT2D eigenvalue weighted by molar-refractivity contribution is -0.127. The Morgan fingerprint density at radius 1 is 1.37 bits per heavy atom. The molecular weight excluding hydrogens is 374 g/mol. The Hall–Kier alpha value is -0.550. The topological polar surface area (TPSA) is 38.3 Å². The molecule has 106 valence electrons. The number of carbonyl (C=O) groups excluding carboxylic acids is 1. The second kappa shape index (κ2) is 7.90. The van der Waals surface area contributed by atoms with E-state index in [2.05, 4.69) is 44.1 Å². The Bertz CT molecular complexity index is 437. The van der Waals surface area contributed by atoms with Crippen LogP contribution in [0.15, 0.2) is 27.1 Å². The second-order valence-corrected chi connectivity index (χ2v) is 6.30. The molecule has 0 aliphatic rings. The third-order valence-corrected chi connectivity index (χ3v) is 3.79. The van der Waals surface area contributed by atoms with E-state index in [4.69, 9.17) is 4.74 Å². The van der Waals surface area contributed by atoms with Crippen LogP contribution in [0.25, 0.3) is 0 Å². The number of benzene rings is 1.